The van der Waals surface area contributed by atoms with E-state index >= 15 is 0 Å². The van der Waals surface area contributed by atoms with Crippen LogP contribution in [0.2, 0.25) is 0 Å². The van der Waals surface area contributed by atoms with Gasteiger partial charge in [-0.15, -0.1) is 0 Å². The highest BCUT2D eigenvalue weighted by Crippen LogP contribution is 2.12. The Bertz CT molecular complexity index is 488. The SMILES string of the molecule is Cc1c(O)c(=O)ccn1CCN1C[C@H](C)O[C@@H](C)C1. The Morgan fingerprint density at radius 3 is 2.58 bits per heavy atom. The van der Waals surface area contributed by atoms with Crippen molar-refractivity contribution in [2.45, 2.75) is 39.5 Å². The molecule has 1 aromatic heterocycles. The molecule has 1 N–H and O–H groups in total. The highest BCUT2D eigenvalue weighted by molar-refractivity contribution is 5.25. The summed E-state index contributed by atoms with van der Waals surface area (Å²) < 4.78 is 7.62. The largest absolute Gasteiger partial charge is 0.503 e. The fourth-order valence-corrected chi connectivity index (χ4v) is 2.62. The lowest BCUT2D eigenvalue weighted by molar-refractivity contribution is -0.0686. The van der Waals surface area contributed by atoms with Gasteiger partial charge in [0.25, 0.3) is 0 Å². The van der Waals surface area contributed by atoms with E-state index < -0.39 is 0 Å². The molecule has 0 amide bonds. The first-order valence-corrected chi connectivity index (χ1v) is 6.74. The van der Waals surface area contributed by atoms with Crippen molar-refractivity contribution in [3.63, 3.8) is 0 Å². The molecule has 0 spiro atoms. The lowest BCUT2D eigenvalue weighted by atomic mass is 10.2. The molecule has 0 aliphatic carbocycles. The second-order valence-electron chi connectivity index (χ2n) is 5.32. The van der Waals surface area contributed by atoms with Gasteiger partial charge in [-0.2, -0.15) is 0 Å². The summed E-state index contributed by atoms with van der Waals surface area (Å²) >= 11 is 0. The van der Waals surface area contributed by atoms with Crippen LogP contribution in [0, 0.1) is 6.92 Å². The van der Waals surface area contributed by atoms with E-state index in [1.54, 1.807) is 13.1 Å². The van der Waals surface area contributed by atoms with Crippen molar-refractivity contribution < 1.29 is 9.84 Å². The normalized spacial score (nSPS) is 24.6. The lowest BCUT2D eigenvalue weighted by Crippen LogP contribution is -2.46. The average Bonchev–Trinajstić information content (AvgIpc) is 2.34. The van der Waals surface area contributed by atoms with Crippen LogP contribution in [0.3, 0.4) is 0 Å². The zero-order valence-corrected chi connectivity index (χ0v) is 11.8. The number of ether oxygens (including phenoxy) is 1. The van der Waals surface area contributed by atoms with Crippen LogP contribution >= 0.6 is 0 Å². The molecule has 2 atom stereocenters. The molecule has 0 saturated carbocycles. The van der Waals surface area contributed by atoms with Crippen molar-refractivity contribution in [1.29, 1.82) is 0 Å². The van der Waals surface area contributed by atoms with E-state index in [0.29, 0.717) is 5.69 Å². The van der Waals surface area contributed by atoms with Gasteiger partial charge in [-0.3, -0.25) is 9.69 Å². The second-order valence-corrected chi connectivity index (χ2v) is 5.32. The van der Waals surface area contributed by atoms with Gasteiger partial charge >= 0.3 is 0 Å². The minimum atomic E-state index is -0.317. The molecule has 0 bridgehead atoms. The third kappa shape index (κ3) is 3.36. The molecule has 0 unspecified atom stereocenters. The molecule has 2 heterocycles. The van der Waals surface area contributed by atoms with Crippen molar-refractivity contribution in [3.05, 3.63) is 28.2 Å². The van der Waals surface area contributed by atoms with Crippen LogP contribution in [-0.4, -0.2) is 46.4 Å². The van der Waals surface area contributed by atoms with E-state index in [4.69, 9.17) is 4.74 Å². The van der Waals surface area contributed by atoms with Crippen LogP contribution in [0.25, 0.3) is 0 Å². The van der Waals surface area contributed by atoms with Crippen molar-refractivity contribution in [2.24, 2.45) is 0 Å². The first-order valence-electron chi connectivity index (χ1n) is 6.74. The predicted molar refractivity (Wildman–Crippen MR) is 73.6 cm³/mol. The molecule has 2 rings (SSSR count). The monoisotopic (exact) mass is 266 g/mol. The molecule has 19 heavy (non-hydrogen) atoms. The molecule has 1 aliphatic rings. The summed E-state index contributed by atoms with van der Waals surface area (Å²) in [6.45, 7) is 9.44. The summed E-state index contributed by atoms with van der Waals surface area (Å²) in [5, 5.41) is 9.64. The average molecular weight is 266 g/mol. The molecule has 0 aromatic carbocycles. The Balaban J connectivity index is 1.99. The van der Waals surface area contributed by atoms with Crippen molar-refractivity contribution in [1.82, 2.24) is 9.47 Å². The fraction of sp³-hybridized carbons (Fsp3) is 0.643. The van der Waals surface area contributed by atoms with Gasteiger partial charge in [-0.25, -0.2) is 0 Å². The third-order valence-corrected chi connectivity index (χ3v) is 3.57. The Morgan fingerprint density at radius 1 is 1.32 bits per heavy atom. The lowest BCUT2D eigenvalue weighted by Gasteiger charge is -2.35. The first kappa shape index (κ1) is 14.1. The molecule has 106 valence electrons. The van der Waals surface area contributed by atoms with E-state index in [1.807, 2.05) is 4.57 Å². The molecule has 1 fully saturated rings. The van der Waals surface area contributed by atoms with Crippen molar-refractivity contribution in [3.8, 4) is 5.75 Å². The maximum Gasteiger partial charge on any atom is 0.223 e. The van der Waals surface area contributed by atoms with Crippen LogP contribution in [0.15, 0.2) is 17.1 Å². The van der Waals surface area contributed by atoms with Crippen LogP contribution in [0.5, 0.6) is 5.75 Å². The molecule has 1 aromatic rings. The Labute approximate surface area is 113 Å². The summed E-state index contributed by atoms with van der Waals surface area (Å²) in [5.74, 6) is -0.147. The van der Waals surface area contributed by atoms with E-state index in [0.717, 1.165) is 26.2 Å². The zero-order valence-electron chi connectivity index (χ0n) is 11.8. The minimum absolute atomic E-state index is 0.147. The molecule has 5 nitrogen and oxygen atoms in total. The van der Waals surface area contributed by atoms with Gasteiger partial charge in [0, 0.05) is 38.4 Å². The number of hydrogen-bond donors (Lipinski definition) is 1. The van der Waals surface area contributed by atoms with Gasteiger partial charge in [-0.05, 0) is 20.8 Å². The maximum atomic E-state index is 11.3. The van der Waals surface area contributed by atoms with Crippen molar-refractivity contribution >= 4 is 0 Å². The molecule has 5 heteroatoms. The Morgan fingerprint density at radius 2 is 1.95 bits per heavy atom. The highest BCUT2D eigenvalue weighted by atomic mass is 16.5. The zero-order chi connectivity index (χ0) is 14.0. The Kier molecular flexibility index (Phi) is 4.27. The quantitative estimate of drug-likeness (QED) is 0.886. The standard InChI is InChI=1S/C14H22N2O3/c1-10-8-15(9-11(2)19-10)6-7-16-5-4-13(17)14(18)12(16)3/h4-5,10-11,18H,6-9H2,1-3H3/t10-,11-/m0/s1. The number of pyridine rings is 1. The van der Waals surface area contributed by atoms with Crippen LogP contribution in [0.4, 0.5) is 0 Å². The fourth-order valence-electron chi connectivity index (χ4n) is 2.62. The number of hydrogen-bond acceptors (Lipinski definition) is 4. The summed E-state index contributed by atoms with van der Waals surface area (Å²) in [6.07, 6.45) is 2.25. The van der Waals surface area contributed by atoms with Crippen molar-refractivity contribution in [2.75, 3.05) is 19.6 Å². The molecule has 1 aliphatic heterocycles. The second kappa shape index (κ2) is 5.75. The summed E-state index contributed by atoms with van der Waals surface area (Å²) in [4.78, 5) is 13.6. The number of aromatic hydroxyl groups is 1. The number of nitrogens with zero attached hydrogens (tertiary/aromatic N) is 2. The number of aromatic nitrogens is 1. The summed E-state index contributed by atoms with van der Waals surface area (Å²) in [7, 11) is 0. The molecule has 1 saturated heterocycles. The van der Waals surface area contributed by atoms with E-state index in [-0.39, 0.29) is 23.4 Å². The predicted octanol–water partition coefficient (Wildman–Crippen LogP) is 0.972. The van der Waals surface area contributed by atoms with Crippen LogP contribution in [0.1, 0.15) is 19.5 Å². The first-order chi connectivity index (χ1) is 8.97. The van der Waals surface area contributed by atoms with Gasteiger partial charge in [0.05, 0.1) is 17.9 Å². The molecule has 0 radical (unpaired) electrons. The van der Waals surface area contributed by atoms with E-state index in [2.05, 4.69) is 18.7 Å². The Hall–Kier alpha value is -1.33. The van der Waals surface area contributed by atoms with Gasteiger partial charge in [0.2, 0.25) is 5.43 Å². The maximum absolute atomic E-state index is 11.3. The van der Waals surface area contributed by atoms with E-state index in [9.17, 15) is 9.90 Å². The van der Waals surface area contributed by atoms with Crippen LogP contribution < -0.4 is 5.43 Å². The topological polar surface area (TPSA) is 54.7 Å². The summed E-state index contributed by atoms with van der Waals surface area (Å²) in [5.41, 5.74) is 0.309. The smallest absolute Gasteiger partial charge is 0.223 e. The minimum Gasteiger partial charge on any atom is -0.503 e. The number of morpholine rings is 1. The molecular formula is C14H22N2O3. The summed E-state index contributed by atoms with van der Waals surface area (Å²) in [6, 6.07) is 1.41. The van der Waals surface area contributed by atoms with Gasteiger partial charge in [0.15, 0.2) is 5.75 Å². The molecular weight excluding hydrogens is 244 g/mol. The third-order valence-electron chi connectivity index (χ3n) is 3.57. The van der Waals surface area contributed by atoms with Gasteiger partial charge in [-0.1, -0.05) is 0 Å². The van der Waals surface area contributed by atoms with Gasteiger partial charge in [0.1, 0.15) is 0 Å². The van der Waals surface area contributed by atoms with E-state index in [1.165, 1.54) is 6.07 Å². The van der Waals surface area contributed by atoms with Crippen LogP contribution in [-0.2, 0) is 11.3 Å². The highest BCUT2D eigenvalue weighted by Gasteiger charge is 2.21. The number of rotatable bonds is 3. The van der Waals surface area contributed by atoms with Gasteiger partial charge < -0.3 is 14.4 Å².